The van der Waals surface area contributed by atoms with Crippen molar-refractivity contribution in [2.24, 2.45) is 17.0 Å². The molecule has 2 unspecified atom stereocenters. The maximum absolute atomic E-state index is 11.4. The van der Waals surface area contributed by atoms with Crippen LogP contribution in [-0.4, -0.2) is 23.9 Å². The van der Waals surface area contributed by atoms with Crippen LogP contribution in [-0.2, 0) is 9.63 Å². The fourth-order valence-electron chi connectivity index (χ4n) is 2.22. The molecule has 1 N–H and O–H groups in total. The lowest BCUT2D eigenvalue weighted by Gasteiger charge is -2.15. The first-order chi connectivity index (χ1) is 9.63. The number of allylic oxidation sites excluding steroid dienone is 6. The van der Waals surface area contributed by atoms with E-state index in [0.29, 0.717) is 18.6 Å². The van der Waals surface area contributed by atoms with Gasteiger partial charge in [-0.25, -0.2) is 0 Å². The molecule has 20 heavy (non-hydrogen) atoms. The Hall–Kier alpha value is -1.84. The molecule has 0 radical (unpaired) electrons. The van der Waals surface area contributed by atoms with Crippen molar-refractivity contribution in [2.75, 3.05) is 7.11 Å². The molecule has 0 aromatic heterocycles. The maximum atomic E-state index is 11.4. The van der Waals surface area contributed by atoms with Gasteiger partial charge in [0.05, 0.1) is 11.6 Å². The van der Waals surface area contributed by atoms with E-state index in [9.17, 15) is 9.90 Å². The lowest BCUT2D eigenvalue weighted by atomic mass is 9.90. The summed E-state index contributed by atoms with van der Waals surface area (Å²) < 4.78 is 0. The van der Waals surface area contributed by atoms with E-state index >= 15 is 0 Å². The second-order valence-corrected chi connectivity index (χ2v) is 4.97. The van der Waals surface area contributed by atoms with E-state index in [0.717, 1.165) is 12.8 Å². The Labute approximate surface area is 120 Å². The van der Waals surface area contributed by atoms with Crippen molar-refractivity contribution in [3.05, 3.63) is 36.5 Å². The summed E-state index contributed by atoms with van der Waals surface area (Å²) in [6, 6.07) is 0. The Morgan fingerprint density at radius 2 is 2.10 bits per heavy atom. The third-order valence-electron chi connectivity index (χ3n) is 3.18. The topological polar surface area (TPSA) is 58.9 Å². The van der Waals surface area contributed by atoms with Crippen molar-refractivity contribution in [3.8, 4) is 0 Å². The summed E-state index contributed by atoms with van der Waals surface area (Å²) >= 11 is 0. The molecule has 0 aromatic rings. The minimum atomic E-state index is -0.784. The number of hydrogen-bond donors (Lipinski definition) is 1. The third kappa shape index (κ3) is 6.36. The van der Waals surface area contributed by atoms with Crippen molar-refractivity contribution in [3.63, 3.8) is 0 Å². The molecule has 1 aliphatic rings. The number of aliphatic carboxylic acids is 1. The zero-order valence-electron chi connectivity index (χ0n) is 12.2. The van der Waals surface area contributed by atoms with Crippen LogP contribution in [0, 0.1) is 11.8 Å². The van der Waals surface area contributed by atoms with Gasteiger partial charge in [-0.05, 0) is 32.1 Å². The Morgan fingerprint density at radius 3 is 2.80 bits per heavy atom. The number of carboxylic acid groups (broad SMARTS) is 1. The highest BCUT2D eigenvalue weighted by molar-refractivity contribution is 5.85. The van der Waals surface area contributed by atoms with Gasteiger partial charge >= 0.3 is 5.97 Å². The van der Waals surface area contributed by atoms with Crippen LogP contribution in [0.15, 0.2) is 41.6 Å². The van der Waals surface area contributed by atoms with E-state index < -0.39 is 11.9 Å². The van der Waals surface area contributed by atoms with Gasteiger partial charge in [0.2, 0.25) is 0 Å². The Bertz CT molecular complexity index is 421. The number of carboxylic acids is 1. The van der Waals surface area contributed by atoms with Crippen molar-refractivity contribution < 1.29 is 14.7 Å². The second kappa shape index (κ2) is 9.13. The van der Waals surface area contributed by atoms with E-state index in [-0.39, 0.29) is 5.92 Å². The van der Waals surface area contributed by atoms with Crippen LogP contribution in [0.3, 0.4) is 0 Å². The maximum Gasteiger partial charge on any atom is 0.306 e. The molecule has 2 atom stereocenters. The molecule has 0 saturated heterocycles. The predicted molar refractivity (Wildman–Crippen MR) is 80.6 cm³/mol. The first-order valence-electron chi connectivity index (χ1n) is 6.93. The van der Waals surface area contributed by atoms with Gasteiger partial charge < -0.3 is 9.94 Å². The van der Waals surface area contributed by atoms with Crippen LogP contribution < -0.4 is 0 Å². The fourth-order valence-corrected chi connectivity index (χ4v) is 2.22. The molecular formula is C16H23NO3. The number of rotatable bonds is 6. The first kappa shape index (κ1) is 16.2. The summed E-state index contributed by atoms with van der Waals surface area (Å²) in [7, 11) is 1.47. The molecule has 0 amide bonds. The van der Waals surface area contributed by atoms with Gasteiger partial charge in [0, 0.05) is 6.42 Å². The van der Waals surface area contributed by atoms with Crippen LogP contribution in [0.25, 0.3) is 0 Å². The van der Waals surface area contributed by atoms with Gasteiger partial charge in [-0.15, -0.1) is 0 Å². The summed E-state index contributed by atoms with van der Waals surface area (Å²) in [4.78, 5) is 16.1. The lowest BCUT2D eigenvalue weighted by molar-refractivity contribution is -0.141. The summed E-state index contributed by atoms with van der Waals surface area (Å²) in [6.07, 6.45) is 15.4. The summed E-state index contributed by atoms with van der Waals surface area (Å²) in [5.74, 6) is -1.08. The molecule has 4 heteroatoms. The normalized spacial score (nSPS) is 22.5. The van der Waals surface area contributed by atoms with Crippen LogP contribution in [0.1, 0.15) is 32.6 Å². The molecule has 1 aliphatic carbocycles. The fraction of sp³-hybridized carbons (Fsp3) is 0.500. The number of nitrogens with zero attached hydrogens (tertiary/aromatic N) is 1. The van der Waals surface area contributed by atoms with E-state index in [1.54, 1.807) is 6.92 Å². The van der Waals surface area contributed by atoms with E-state index in [4.69, 9.17) is 0 Å². The van der Waals surface area contributed by atoms with E-state index in [2.05, 4.69) is 34.3 Å². The van der Waals surface area contributed by atoms with Gasteiger partial charge in [0.1, 0.15) is 7.11 Å². The van der Waals surface area contributed by atoms with Crippen LogP contribution in [0.2, 0.25) is 0 Å². The van der Waals surface area contributed by atoms with Gasteiger partial charge in [0.25, 0.3) is 0 Å². The van der Waals surface area contributed by atoms with Gasteiger partial charge in [-0.3, -0.25) is 4.79 Å². The molecular weight excluding hydrogens is 254 g/mol. The molecule has 0 aliphatic heterocycles. The quantitative estimate of drug-likeness (QED) is 0.458. The van der Waals surface area contributed by atoms with Crippen LogP contribution in [0.4, 0.5) is 0 Å². The zero-order chi connectivity index (χ0) is 14.8. The predicted octanol–water partition coefficient (Wildman–Crippen LogP) is 3.57. The van der Waals surface area contributed by atoms with Crippen molar-refractivity contribution >= 4 is 11.7 Å². The minimum Gasteiger partial charge on any atom is -0.481 e. The first-order valence-corrected chi connectivity index (χ1v) is 6.93. The molecule has 0 heterocycles. The monoisotopic (exact) mass is 277 g/mol. The molecule has 0 fully saturated rings. The lowest BCUT2D eigenvalue weighted by Crippen LogP contribution is -2.19. The molecule has 4 nitrogen and oxygen atoms in total. The summed E-state index contributed by atoms with van der Waals surface area (Å²) in [5, 5.41) is 13.1. The highest BCUT2D eigenvalue weighted by Crippen LogP contribution is 2.21. The minimum absolute atomic E-state index is 0.147. The Balaban J connectivity index is 2.70. The van der Waals surface area contributed by atoms with Crippen molar-refractivity contribution in [2.45, 2.75) is 32.6 Å². The highest BCUT2D eigenvalue weighted by Gasteiger charge is 2.21. The second-order valence-electron chi connectivity index (χ2n) is 4.97. The van der Waals surface area contributed by atoms with E-state index in [1.807, 2.05) is 12.2 Å². The van der Waals surface area contributed by atoms with Crippen LogP contribution >= 0.6 is 0 Å². The van der Waals surface area contributed by atoms with Gasteiger partial charge in [-0.1, -0.05) is 41.6 Å². The molecule has 0 saturated carbocycles. The molecule has 0 bridgehead atoms. The van der Waals surface area contributed by atoms with Gasteiger partial charge in [0.15, 0.2) is 0 Å². The Morgan fingerprint density at radius 1 is 1.35 bits per heavy atom. The standard InChI is InChI=1S/C16H23NO3/c1-13(17-20-2)11-15(16(18)19)12-14-9-7-5-3-4-6-8-10-14/h3,5,7-10,14-15H,4,6,11-12H2,1-2H3,(H,18,19)/b5-3-,9-7?,10-8?,17-13-. The van der Waals surface area contributed by atoms with E-state index in [1.165, 1.54) is 7.11 Å². The molecule has 0 spiro atoms. The number of oxime groups is 1. The van der Waals surface area contributed by atoms with Crippen molar-refractivity contribution in [1.82, 2.24) is 0 Å². The summed E-state index contributed by atoms with van der Waals surface area (Å²) in [6.45, 7) is 1.79. The Kier molecular flexibility index (Phi) is 7.40. The largest absolute Gasteiger partial charge is 0.481 e. The van der Waals surface area contributed by atoms with Gasteiger partial charge in [-0.2, -0.15) is 0 Å². The molecule has 0 aromatic carbocycles. The average molecular weight is 277 g/mol. The SMILES string of the molecule is CO/N=C(/C)CC(CC1C=C/C=C\CCC=C1)C(=O)O. The number of hydrogen-bond acceptors (Lipinski definition) is 3. The molecule has 1 rings (SSSR count). The third-order valence-corrected chi connectivity index (χ3v) is 3.18. The van der Waals surface area contributed by atoms with Crippen molar-refractivity contribution in [1.29, 1.82) is 0 Å². The number of carbonyl (C=O) groups is 1. The zero-order valence-corrected chi connectivity index (χ0v) is 12.2. The smallest absolute Gasteiger partial charge is 0.306 e. The van der Waals surface area contributed by atoms with Crippen LogP contribution in [0.5, 0.6) is 0 Å². The summed E-state index contributed by atoms with van der Waals surface area (Å²) in [5.41, 5.74) is 0.704. The molecule has 110 valence electrons. The highest BCUT2D eigenvalue weighted by atomic mass is 16.6. The average Bonchev–Trinajstić information content (AvgIpc) is 2.52.